The Hall–Kier alpha value is -1.69. The van der Waals surface area contributed by atoms with Gasteiger partial charge in [0.25, 0.3) is 0 Å². The van der Waals surface area contributed by atoms with Crippen molar-refractivity contribution in [3.8, 4) is 17.6 Å². The second kappa shape index (κ2) is 3.15. The molecule has 1 aliphatic heterocycles. The lowest BCUT2D eigenvalue weighted by molar-refractivity contribution is 0.173. The number of ether oxygens (including phenoxy) is 2. The number of benzene rings is 1. The van der Waals surface area contributed by atoms with E-state index in [2.05, 4.69) is 6.07 Å². The molecule has 3 rings (SSSR count). The van der Waals surface area contributed by atoms with Gasteiger partial charge < -0.3 is 9.47 Å². The second-order valence-corrected chi connectivity index (χ2v) is 4.62. The Morgan fingerprint density at radius 3 is 3.06 bits per heavy atom. The molecule has 0 aromatic heterocycles. The highest BCUT2D eigenvalue weighted by molar-refractivity contribution is 5.56. The topological polar surface area (TPSA) is 42.2 Å². The molecule has 0 amide bonds. The molecule has 0 fully saturated rings. The molecule has 0 bridgehead atoms. The molecule has 0 radical (unpaired) electrons. The quantitative estimate of drug-likeness (QED) is 0.667. The minimum atomic E-state index is -0.367. The van der Waals surface area contributed by atoms with Gasteiger partial charge in [-0.1, -0.05) is 6.07 Å². The first kappa shape index (κ1) is 9.53. The summed E-state index contributed by atoms with van der Waals surface area (Å²) in [7, 11) is 0. The SMILES string of the molecule is C[C@]1(C#N)CCCc2c1ccc1c2OCO1. The molecule has 82 valence electrons. The van der Waals surface area contributed by atoms with Gasteiger partial charge in [0.15, 0.2) is 11.5 Å². The second-order valence-electron chi connectivity index (χ2n) is 4.62. The van der Waals surface area contributed by atoms with Crippen LogP contribution >= 0.6 is 0 Å². The summed E-state index contributed by atoms with van der Waals surface area (Å²) in [6.07, 6.45) is 2.95. The Morgan fingerprint density at radius 2 is 2.25 bits per heavy atom. The van der Waals surface area contributed by atoms with Crippen LogP contribution in [0.15, 0.2) is 12.1 Å². The number of rotatable bonds is 0. The van der Waals surface area contributed by atoms with Crippen LogP contribution in [0.25, 0.3) is 0 Å². The van der Waals surface area contributed by atoms with Gasteiger partial charge in [0.1, 0.15) is 0 Å². The summed E-state index contributed by atoms with van der Waals surface area (Å²) >= 11 is 0. The van der Waals surface area contributed by atoms with Crippen LogP contribution in [0.5, 0.6) is 11.5 Å². The van der Waals surface area contributed by atoms with E-state index in [1.54, 1.807) is 0 Å². The van der Waals surface area contributed by atoms with Gasteiger partial charge in [-0.3, -0.25) is 0 Å². The highest BCUT2D eigenvalue weighted by Gasteiger charge is 2.35. The molecule has 1 aromatic carbocycles. The fourth-order valence-electron chi connectivity index (χ4n) is 2.66. The van der Waals surface area contributed by atoms with Gasteiger partial charge in [-0.2, -0.15) is 5.26 Å². The molecule has 1 heterocycles. The van der Waals surface area contributed by atoms with Crippen LogP contribution in [0, 0.1) is 11.3 Å². The lowest BCUT2D eigenvalue weighted by Crippen LogP contribution is -2.25. The van der Waals surface area contributed by atoms with Crippen molar-refractivity contribution in [2.45, 2.75) is 31.6 Å². The van der Waals surface area contributed by atoms with Crippen molar-refractivity contribution in [2.75, 3.05) is 6.79 Å². The highest BCUT2D eigenvalue weighted by Crippen LogP contribution is 2.46. The summed E-state index contributed by atoms with van der Waals surface area (Å²) in [4.78, 5) is 0. The first-order valence-corrected chi connectivity index (χ1v) is 5.58. The molecular formula is C13H13NO2. The van der Waals surface area contributed by atoms with Gasteiger partial charge in [0, 0.05) is 5.56 Å². The smallest absolute Gasteiger partial charge is 0.231 e. The van der Waals surface area contributed by atoms with Crippen LogP contribution in [0.2, 0.25) is 0 Å². The molecule has 1 atom stereocenters. The van der Waals surface area contributed by atoms with Crippen LogP contribution in [-0.2, 0) is 11.8 Å². The first-order valence-electron chi connectivity index (χ1n) is 5.58. The Bertz CT molecular complexity index is 489. The van der Waals surface area contributed by atoms with Crippen LogP contribution in [0.1, 0.15) is 30.9 Å². The van der Waals surface area contributed by atoms with Crippen molar-refractivity contribution in [1.82, 2.24) is 0 Å². The molecule has 0 saturated heterocycles. The maximum absolute atomic E-state index is 9.32. The normalized spacial score (nSPS) is 26.0. The number of fused-ring (bicyclic) bond motifs is 3. The lowest BCUT2D eigenvalue weighted by Gasteiger charge is -2.30. The van der Waals surface area contributed by atoms with Gasteiger partial charge in [-0.25, -0.2) is 0 Å². The molecule has 0 spiro atoms. The summed E-state index contributed by atoms with van der Waals surface area (Å²) in [6.45, 7) is 2.31. The van der Waals surface area contributed by atoms with Gasteiger partial charge >= 0.3 is 0 Å². The molecule has 0 N–H and O–H groups in total. The summed E-state index contributed by atoms with van der Waals surface area (Å²) in [5.41, 5.74) is 1.92. The Kier molecular flexibility index (Phi) is 1.88. The average Bonchev–Trinajstić information content (AvgIpc) is 2.78. The van der Waals surface area contributed by atoms with Crippen LogP contribution in [0.4, 0.5) is 0 Å². The van der Waals surface area contributed by atoms with E-state index in [0.29, 0.717) is 6.79 Å². The highest BCUT2D eigenvalue weighted by atomic mass is 16.7. The van der Waals surface area contributed by atoms with E-state index in [-0.39, 0.29) is 5.41 Å². The van der Waals surface area contributed by atoms with E-state index in [4.69, 9.17) is 9.47 Å². The molecule has 3 heteroatoms. The summed E-state index contributed by atoms with van der Waals surface area (Å²) < 4.78 is 10.9. The largest absolute Gasteiger partial charge is 0.454 e. The van der Waals surface area contributed by atoms with Crippen molar-refractivity contribution in [3.63, 3.8) is 0 Å². The van der Waals surface area contributed by atoms with Gasteiger partial charge in [-0.05, 0) is 37.8 Å². The van der Waals surface area contributed by atoms with Crippen LogP contribution in [-0.4, -0.2) is 6.79 Å². The monoisotopic (exact) mass is 215 g/mol. The van der Waals surface area contributed by atoms with E-state index < -0.39 is 0 Å². The number of nitrogens with zero attached hydrogens (tertiary/aromatic N) is 1. The van der Waals surface area contributed by atoms with E-state index in [9.17, 15) is 5.26 Å². The van der Waals surface area contributed by atoms with E-state index >= 15 is 0 Å². The minimum absolute atomic E-state index is 0.301. The first-order chi connectivity index (χ1) is 7.74. The zero-order valence-electron chi connectivity index (χ0n) is 9.25. The van der Waals surface area contributed by atoms with Crippen LogP contribution in [0.3, 0.4) is 0 Å². The maximum Gasteiger partial charge on any atom is 0.231 e. The minimum Gasteiger partial charge on any atom is -0.454 e. The van der Waals surface area contributed by atoms with Crippen molar-refractivity contribution >= 4 is 0 Å². The Morgan fingerprint density at radius 1 is 1.38 bits per heavy atom. The van der Waals surface area contributed by atoms with Gasteiger partial charge in [0.05, 0.1) is 11.5 Å². The molecule has 3 nitrogen and oxygen atoms in total. The summed E-state index contributed by atoms with van der Waals surface area (Å²) in [5, 5.41) is 9.32. The molecular weight excluding hydrogens is 202 g/mol. The molecule has 0 saturated carbocycles. The van der Waals surface area contributed by atoms with Crippen LogP contribution < -0.4 is 9.47 Å². The third-order valence-electron chi connectivity index (χ3n) is 3.59. The summed E-state index contributed by atoms with van der Waals surface area (Å²) in [6, 6.07) is 6.37. The predicted octanol–water partition coefficient (Wildman–Crippen LogP) is 2.53. The zero-order chi connectivity index (χ0) is 11.2. The van der Waals surface area contributed by atoms with Crippen molar-refractivity contribution in [3.05, 3.63) is 23.3 Å². The molecule has 2 aliphatic rings. The number of hydrogen-bond acceptors (Lipinski definition) is 3. The lowest BCUT2D eigenvalue weighted by atomic mass is 9.72. The Labute approximate surface area is 94.6 Å². The van der Waals surface area contributed by atoms with Crippen molar-refractivity contribution in [1.29, 1.82) is 5.26 Å². The van der Waals surface area contributed by atoms with Gasteiger partial charge in [-0.15, -0.1) is 0 Å². The van der Waals surface area contributed by atoms with Gasteiger partial charge in [0.2, 0.25) is 6.79 Å². The maximum atomic E-state index is 9.32. The molecule has 0 unspecified atom stereocenters. The fourth-order valence-corrected chi connectivity index (χ4v) is 2.66. The van der Waals surface area contributed by atoms with Crippen molar-refractivity contribution < 1.29 is 9.47 Å². The van der Waals surface area contributed by atoms with E-state index in [1.165, 1.54) is 5.56 Å². The molecule has 1 aliphatic carbocycles. The Balaban J connectivity index is 2.22. The summed E-state index contributed by atoms with van der Waals surface area (Å²) in [5.74, 6) is 1.68. The zero-order valence-corrected chi connectivity index (χ0v) is 9.25. The predicted molar refractivity (Wildman–Crippen MR) is 58.5 cm³/mol. The molecule has 16 heavy (non-hydrogen) atoms. The van der Waals surface area contributed by atoms with E-state index in [1.807, 2.05) is 19.1 Å². The standard InChI is InChI=1S/C13H13NO2/c1-13(7-14)6-2-3-9-10(13)4-5-11-12(9)16-8-15-11/h4-5H,2-3,6,8H2,1H3/t13-/m1/s1. The third kappa shape index (κ3) is 1.13. The fraction of sp³-hybridized carbons (Fsp3) is 0.462. The van der Waals surface area contributed by atoms with Crippen molar-refractivity contribution in [2.24, 2.45) is 0 Å². The third-order valence-corrected chi connectivity index (χ3v) is 3.59. The average molecular weight is 215 g/mol. The number of nitriles is 1. The number of hydrogen-bond donors (Lipinski definition) is 0. The molecule has 1 aromatic rings. The van der Waals surface area contributed by atoms with E-state index in [0.717, 1.165) is 36.3 Å².